The van der Waals surface area contributed by atoms with Gasteiger partial charge in [0.25, 0.3) is 0 Å². The van der Waals surface area contributed by atoms with Crippen molar-refractivity contribution in [1.82, 2.24) is 0 Å². The highest BCUT2D eigenvalue weighted by atomic mass is 79.9. The molecule has 1 rings (SSSR count). The molecule has 0 aliphatic rings. The first kappa shape index (κ1) is 11.7. The zero-order chi connectivity index (χ0) is 10.6. The topological polar surface area (TPSA) is 0 Å². The Labute approximate surface area is 96.2 Å². The maximum absolute atomic E-state index is 3.83. The van der Waals surface area contributed by atoms with E-state index < -0.39 is 8.07 Å². The Morgan fingerprint density at radius 1 is 1.29 bits per heavy atom. The zero-order valence-corrected chi connectivity index (χ0v) is 11.5. The third kappa shape index (κ3) is 2.82. The summed E-state index contributed by atoms with van der Waals surface area (Å²) in [5.74, 6) is 0. The molecule has 0 spiro atoms. The fraction of sp³-hybridized carbons (Fsp3) is 0.333. The van der Waals surface area contributed by atoms with Gasteiger partial charge in [0.05, 0.1) is 8.07 Å². The van der Waals surface area contributed by atoms with Crippen LogP contribution in [0.5, 0.6) is 0 Å². The first-order valence-corrected chi connectivity index (χ1v) is 9.19. The average Bonchev–Trinajstić information content (AvgIpc) is 2.18. The summed E-state index contributed by atoms with van der Waals surface area (Å²) in [4.78, 5) is 0. The fourth-order valence-electron chi connectivity index (χ4n) is 1.52. The van der Waals surface area contributed by atoms with Crippen molar-refractivity contribution in [3.8, 4) is 0 Å². The van der Waals surface area contributed by atoms with Gasteiger partial charge in [-0.2, -0.15) is 0 Å². The molecule has 0 aliphatic heterocycles. The van der Waals surface area contributed by atoms with Crippen LogP contribution in [0.15, 0.2) is 36.9 Å². The van der Waals surface area contributed by atoms with Gasteiger partial charge in [-0.05, 0) is 11.6 Å². The van der Waals surface area contributed by atoms with Gasteiger partial charge in [0.2, 0.25) is 0 Å². The van der Waals surface area contributed by atoms with Crippen LogP contribution in [0.1, 0.15) is 5.56 Å². The fourth-order valence-corrected chi connectivity index (χ4v) is 3.92. The van der Waals surface area contributed by atoms with Crippen molar-refractivity contribution in [2.45, 2.75) is 24.5 Å². The lowest BCUT2D eigenvalue weighted by Gasteiger charge is -2.21. The number of halogens is 1. The van der Waals surface area contributed by atoms with Gasteiger partial charge in [0.15, 0.2) is 0 Å². The second-order valence-electron chi connectivity index (χ2n) is 4.21. The molecule has 0 saturated heterocycles. The predicted molar refractivity (Wildman–Crippen MR) is 71.2 cm³/mol. The number of rotatable bonds is 4. The Bertz CT molecular complexity index is 301. The highest BCUT2D eigenvalue weighted by molar-refractivity contribution is 9.08. The third-order valence-corrected chi connectivity index (χ3v) is 6.40. The number of alkyl halides is 1. The highest BCUT2D eigenvalue weighted by Crippen LogP contribution is 2.11. The number of benzene rings is 1. The predicted octanol–water partition coefficient (Wildman–Crippen LogP) is 3.68. The summed E-state index contributed by atoms with van der Waals surface area (Å²) in [5.41, 5.74) is 1.34. The Hall–Kier alpha value is -0.343. The monoisotopic (exact) mass is 268 g/mol. The Kier molecular flexibility index (Phi) is 4.14. The van der Waals surface area contributed by atoms with E-state index in [2.05, 4.69) is 59.9 Å². The van der Waals surface area contributed by atoms with E-state index in [1.54, 1.807) is 0 Å². The summed E-state index contributed by atoms with van der Waals surface area (Å²) < 4.78 is 0. The maximum atomic E-state index is 3.83. The van der Waals surface area contributed by atoms with E-state index in [0.717, 1.165) is 11.4 Å². The molecule has 0 saturated carbocycles. The summed E-state index contributed by atoms with van der Waals surface area (Å²) in [6, 6.07) is 10.1. The van der Waals surface area contributed by atoms with E-state index in [9.17, 15) is 0 Å². The number of allylic oxidation sites excluding steroid dienone is 1. The van der Waals surface area contributed by atoms with E-state index in [4.69, 9.17) is 0 Å². The largest absolute Gasteiger partial charge is 0.103 e. The minimum Gasteiger partial charge on any atom is -0.103 e. The molecule has 0 aliphatic carbocycles. The lowest BCUT2D eigenvalue weighted by molar-refractivity contribution is 1.44. The molecule has 0 bridgehead atoms. The maximum Gasteiger partial charge on any atom is 0.0843 e. The summed E-state index contributed by atoms with van der Waals surface area (Å²) >= 11 is 3.46. The normalized spacial score (nSPS) is 11.4. The molecule has 0 fully saturated rings. The van der Waals surface area contributed by atoms with Crippen molar-refractivity contribution in [3.63, 3.8) is 0 Å². The molecule has 14 heavy (non-hydrogen) atoms. The molecule has 76 valence electrons. The van der Waals surface area contributed by atoms with Gasteiger partial charge in [0, 0.05) is 5.33 Å². The Morgan fingerprint density at radius 3 is 2.29 bits per heavy atom. The lowest BCUT2D eigenvalue weighted by Crippen LogP contribution is -2.40. The van der Waals surface area contributed by atoms with Crippen molar-refractivity contribution in [3.05, 3.63) is 42.5 Å². The van der Waals surface area contributed by atoms with Crippen LogP contribution in [0, 0.1) is 0 Å². The van der Waals surface area contributed by atoms with E-state index in [1.807, 2.05) is 6.08 Å². The van der Waals surface area contributed by atoms with Crippen LogP contribution in [-0.2, 0) is 5.33 Å². The van der Waals surface area contributed by atoms with Crippen LogP contribution in [-0.4, -0.2) is 8.07 Å². The van der Waals surface area contributed by atoms with Crippen LogP contribution < -0.4 is 5.19 Å². The molecule has 1 aromatic rings. The summed E-state index contributed by atoms with van der Waals surface area (Å²) in [7, 11) is -1.25. The van der Waals surface area contributed by atoms with Gasteiger partial charge in [-0.1, -0.05) is 64.6 Å². The molecular weight excluding hydrogens is 252 g/mol. The SMILES string of the molecule is C=CC[Si](C)(C)c1ccc(CBr)cc1. The summed E-state index contributed by atoms with van der Waals surface area (Å²) in [5, 5.41) is 2.46. The van der Waals surface area contributed by atoms with E-state index in [0.29, 0.717) is 0 Å². The van der Waals surface area contributed by atoms with Crippen molar-refractivity contribution in [2.75, 3.05) is 0 Å². The van der Waals surface area contributed by atoms with Gasteiger partial charge in [-0.25, -0.2) is 0 Å². The minimum atomic E-state index is -1.25. The van der Waals surface area contributed by atoms with Gasteiger partial charge >= 0.3 is 0 Å². The second kappa shape index (κ2) is 4.94. The minimum absolute atomic E-state index is 0.941. The molecule has 0 heterocycles. The van der Waals surface area contributed by atoms with Crippen LogP contribution in [0.25, 0.3) is 0 Å². The average molecular weight is 269 g/mol. The first-order valence-electron chi connectivity index (χ1n) is 4.86. The molecule has 0 amide bonds. The number of hydrogen-bond acceptors (Lipinski definition) is 0. The van der Waals surface area contributed by atoms with E-state index >= 15 is 0 Å². The van der Waals surface area contributed by atoms with E-state index in [1.165, 1.54) is 10.8 Å². The molecule has 0 nitrogen and oxygen atoms in total. The van der Waals surface area contributed by atoms with Crippen molar-refractivity contribution >= 4 is 29.2 Å². The molecular formula is C12H17BrSi. The van der Waals surface area contributed by atoms with Crippen molar-refractivity contribution in [2.24, 2.45) is 0 Å². The molecule has 1 aromatic carbocycles. The highest BCUT2D eigenvalue weighted by Gasteiger charge is 2.20. The molecule has 0 N–H and O–H groups in total. The zero-order valence-electron chi connectivity index (χ0n) is 8.89. The number of hydrogen-bond donors (Lipinski definition) is 0. The second-order valence-corrected chi connectivity index (χ2v) is 9.52. The third-order valence-electron chi connectivity index (χ3n) is 2.54. The smallest absolute Gasteiger partial charge is 0.0843 e. The Morgan fingerprint density at radius 2 is 1.86 bits per heavy atom. The molecule has 0 radical (unpaired) electrons. The van der Waals surface area contributed by atoms with Crippen molar-refractivity contribution in [1.29, 1.82) is 0 Å². The molecule has 2 heteroatoms. The first-order chi connectivity index (χ1) is 6.60. The summed E-state index contributed by atoms with van der Waals surface area (Å²) in [6.07, 6.45) is 2.05. The van der Waals surface area contributed by atoms with Gasteiger partial charge in [0.1, 0.15) is 0 Å². The van der Waals surface area contributed by atoms with Crippen LogP contribution >= 0.6 is 15.9 Å². The molecule has 0 atom stereocenters. The Balaban J connectivity index is 2.90. The van der Waals surface area contributed by atoms with Gasteiger partial charge in [-0.3, -0.25) is 0 Å². The molecule has 0 unspecified atom stereocenters. The molecule has 0 aromatic heterocycles. The van der Waals surface area contributed by atoms with E-state index in [-0.39, 0.29) is 0 Å². The van der Waals surface area contributed by atoms with Gasteiger partial charge < -0.3 is 0 Å². The van der Waals surface area contributed by atoms with Crippen LogP contribution in [0.3, 0.4) is 0 Å². The lowest BCUT2D eigenvalue weighted by atomic mass is 10.2. The quantitative estimate of drug-likeness (QED) is 0.444. The van der Waals surface area contributed by atoms with Crippen LogP contribution in [0.4, 0.5) is 0 Å². The summed E-state index contributed by atoms with van der Waals surface area (Å²) in [6.45, 7) is 8.61. The standard InChI is InChI=1S/C12H17BrSi/c1-4-9-14(2,3)12-7-5-11(10-13)6-8-12/h4-8H,1,9-10H2,2-3H3. The van der Waals surface area contributed by atoms with Crippen LogP contribution in [0.2, 0.25) is 19.1 Å². The van der Waals surface area contributed by atoms with Crippen molar-refractivity contribution < 1.29 is 0 Å². The van der Waals surface area contributed by atoms with Gasteiger partial charge in [-0.15, -0.1) is 6.58 Å².